The predicted octanol–water partition coefficient (Wildman–Crippen LogP) is 1.94. The minimum Gasteiger partial charge on any atom is -0.376 e. The smallest absolute Gasteiger partial charge is 0.274 e. The first kappa shape index (κ1) is 15.2. The molecule has 0 spiro atoms. The maximum Gasteiger partial charge on any atom is 0.274 e. The minimum atomic E-state index is -0.00919. The molecule has 1 amide bonds. The molecule has 0 saturated carbocycles. The molecule has 1 atom stereocenters. The van der Waals surface area contributed by atoms with Crippen LogP contribution in [-0.4, -0.2) is 53.1 Å². The highest BCUT2D eigenvalue weighted by atomic mass is 16.5. The van der Waals surface area contributed by atoms with Crippen molar-refractivity contribution in [3.63, 3.8) is 0 Å². The van der Waals surface area contributed by atoms with Crippen molar-refractivity contribution in [1.29, 1.82) is 0 Å². The van der Waals surface area contributed by atoms with Gasteiger partial charge >= 0.3 is 0 Å². The molecule has 2 saturated heterocycles. The van der Waals surface area contributed by atoms with Crippen molar-refractivity contribution in [1.82, 2.24) is 14.9 Å². The summed E-state index contributed by atoms with van der Waals surface area (Å²) >= 11 is 0. The van der Waals surface area contributed by atoms with Crippen molar-refractivity contribution < 1.29 is 9.53 Å². The third-order valence-corrected chi connectivity index (χ3v) is 4.48. The fraction of sp³-hybridized carbons (Fsp3) is 0.688. The fourth-order valence-electron chi connectivity index (χ4n) is 2.93. The SMILES string of the molecule is CC1CCN(C(=O)c2cnc(NCC3CCCO3)cn2)CC1. The van der Waals surface area contributed by atoms with E-state index in [1.807, 2.05) is 4.90 Å². The summed E-state index contributed by atoms with van der Waals surface area (Å²) < 4.78 is 5.55. The lowest BCUT2D eigenvalue weighted by atomic mass is 9.99. The number of piperidine rings is 1. The van der Waals surface area contributed by atoms with E-state index in [9.17, 15) is 4.79 Å². The second kappa shape index (κ2) is 7.05. The Balaban J connectivity index is 1.53. The van der Waals surface area contributed by atoms with Crippen molar-refractivity contribution in [3.05, 3.63) is 18.1 Å². The molecule has 1 aromatic heterocycles. The van der Waals surface area contributed by atoms with Crippen LogP contribution in [0.15, 0.2) is 12.4 Å². The Bertz CT molecular complexity index is 491. The zero-order valence-corrected chi connectivity index (χ0v) is 13.1. The van der Waals surface area contributed by atoms with E-state index in [0.29, 0.717) is 17.4 Å². The first-order valence-electron chi connectivity index (χ1n) is 8.19. The quantitative estimate of drug-likeness (QED) is 0.921. The van der Waals surface area contributed by atoms with Crippen LogP contribution in [0, 0.1) is 5.92 Å². The topological polar surface area (TPSA) is 67.4 Å². The molecule has 3 heterocycles. The number of anilines is 1. The molecular weight excluding hydrogens is 280 g/mol. The van der Waals surface area contributed by atoms with Gasteiger partial charge < -0.3 is 15.0 Å². The van der Waals surface area contributed by atoms with Crippen LogP contribution in [0.1, 0.15) is 43.1 Å². The van der Waals surface area contributed by atoms with Gasteiger partial charge in [0, 0.05) is 26.2 Å². The van der Waals surface area contributed by atoms with Crippen molar-refractivity contribution in [2.24, 2.45) is 5.92 Å². The number of aromatic nitrogens is 2. The molecule has 2 aliphatic rings. The maximum absolute atomic E-state index is 12.4. The van der Waals surface area contributed by atoms with Gasteiger partial charge in [-0.2, -0.15) is 0 Å². The van der Waals surface area contributed by atoms with Crippen molar-refractivity contribution in [3.8, 4) is 0 Å². The molecule has 0 radical (unpaired) electrons. The molecule has 0 aromatic carbocycles. The Kier molecular flexibility index (Phi) is 4.87. The van der Waals surface area contributed by atoms with Crippen LogP contribution in [0.25, 0.3) is 0 Å². The van der Waals surface area contributed by atoms with E-state index in [4.69, 9.17) is 4.74 Å². The van der Waals surface area contributed by atoms with Crippen LogP contribution in [0.4, 0.5) is 5.82 Å². The number of hydrogen-bond acceptors (Lipinski definition) is 5. The molecule has 6 heteroatoms. The zero-order valence-electron chi connectivity index (χ0n) is 13.1. The van der Waals surface area contributed by atoms with E-state index >= 15 is 0 Å². The Labute approximate surface area is 131 Å². The zero-order chi connectivity index (χ0) is 15.4. The first-order chi connectivity index (χ1) is 10.7. The molecule has 120 valence electrons. The molecule has 1 unspecified atom stereocenters. The van der Waals surface area contributed by atoms with Gasteiger partial charge in [-0.3, -0.25) is 4.79 Å². The Morgan fingerprint density at radius 2 is 2.14 bits per heavy atom. The average Bonchev–Trinajstić information content (AvgIpc) is 3.07. The van der Waals surface area contributed by atoms with Gasteiger partial charge in [0.05, 0.1) is 18.5 Å². The van der Waals surface area contributed by atoms with E-state index in [1.165, 1.54) is 0 Å². The lowest BCUT2D eigenvalue weighted by Crippen LogP contribution is -2.38. The summed E-state index contributed by atoms with van der Waals surface area (Å²) in [6.07, 6.45) is 7.82. The summed E-state index contributed by atoms with van der Waals surface area (Å²) in [7, 11) is 0. The van der Waals surface area contributed by atoms with Crippen LogP contribution in [0.3, 0.4) is 0 Å². The molecular formula is C16H24N4O2. The standard InChI is InChI=1S/C16H24N4O2/c1-12-4-6-20(7-5-12)16(21)14-10-19-15(11-17-14)18-9-13-3-2-8-22-13/h10-13H,2-9H2,1H3,(H,18,19). The lowest BCUT2D eigenvalue weighted by Gasteiger charge is -2.29. The maximum atomic E-state index is 12.4. The van der Waals surface area contributed by atoms with Gasteiger partial charge in [-0.1, -0.05) is 6.92 Å². The summed E-state index contributed by atoms with van der Waals surface area (Å²) in [4.78, 5) is 22.8. The fourth-order valence-corrected chi connectivity index (χ4v) is 2.93. The third-order valence-electron chi connectivity index (χ3n) is 4.48. The van der Waals surface area contributed by atoms with E-state index in [0.717, 1.165) is 51.9 Å². The number of nitrogens with zero attached hydrogens (tertiary/aromatic N) is 3. The number of rotatable bonds is 4. The normalized spacial score (nSPS) is 22.8. The number of amides is 1. The number of likely N-dealkylation sites (tertiary alicyclic amines) is 1. The molecule has 22 heavy (non-hydrogen) atoms. The van der Waals surface area contributed by atoms with Gasteiger partial charge in [0.25, 0.3) is 5.91 Å². The Morgan fingerprint density at radius 1 is 1.32 bits per heavy atom. The number of carbonyl (C=O) groups excluding carboxylic acids is 1. The number of ether oxygens (including phenoxy) is 1. The van der Waals surface area contributed by atoms with Crippen LogP contribution < -0.4 is 5.32 Å². The number of nitrogens with one attached hydrogen (secondary N) is 1. The molecule has 6 nitrogen and oxygen atoms in total. The van der Waals surface area contributed by atoms with Crippen molar-refractivity contribution in [2.75, 3.05) is 31.6 Å². The van der Waals surface area contributed by atoms with E-state index in [2.05, 4.69) is 22.2 Å². The van der Waals surface area contributed by atoms with Crippen LogP contribution in [0.2, 0.25) is 0 Å². The molecule has 0 bridgehead atoms. The van der Waals surface area contributed by atoms with Gasteiger partial charge in [-0.25, -0.2) is 9.97 Å². The highest BCUT2D eigenvalue weighted by Crippen LogP contribution is 2.18. The highest BCUT2D eigenvalue weighted by molar-refractivity contribution is 5.92. The average molecular weight is 304 g/mol. The Morgan fingerprint density at radius 3 is 2.77 bits per heavy atom. The summed E-state index contributed by atoms with van der Waals surface area (Å²) in [5.41, 5.74) is 0.428. The number of carbonyl (C=O) groups is 1. The monoisotopic (exact) mass is 304 g/mol. The van der Waals surface area contributed by atoms with Gasteiger partial charge in [0.15, 0.2) is 0 Å². The summed E-state index contributed by atoms with van der Waals surface area (Å²) in [5, 5.41) is 3.21. The van der Waals surface area contributed by atoms with E-state index in [-0.39, 0.29) is 12.0 Å². The van der Waals surface area contributed by atoms with E-state index < -0.39 is 0 Å². The molecule has 2 aliphatic heterocycles. The Hall–Kier alpha value is -1.69. The van der Waals surface area contributed by atoms with Crippen LogP contribution in [0.5, 0.6) is 0 Å². The summed E-state index contributed by atoms with van der Waals surface area (Å²) in [6.45, 7) is 5.46. The largest absolute Gasteiger partial charge is 0.376 e. The summed E-state index contributed by atoms with van der Waals surface area (Å²) in [6, 6.07) is 0. The van der Waals surface area contributed by atoms with Gasteiger partial charge in [-0.05, 0) is 31.6 Å². The second-order valence-electron chi connectivity index (χ2n) is 6.28. The van der Waals surface area contributed by atoms with Crippen molar-refractivity contribution in [2.45, 2.75) is 38.7 Å². The number of hydrogen-bond donors (Lipinski definition) is 1. The molecule has 1 aromatic rings. The molecule has 0 aliphatic carbocycles. The summed E-state index contributed by atoms with van der Waals surface area (Å²) in [5.74, 6) is 1.39. The van der Waals surface area contributed by atoms with Gasteiger partial charge in [0.1, 0.15) is 11.5 Å². The highest BCUT2D eigenvalue weighted by Gasteiger charge is 2.22. The lowest BCUT2D eigenvalue weighted by molar-refractivity contribution is 0.0691. The van der Waals surface area contributed by atoms with Crippen molar-refractivity contribution >= 4 is 11.7 Å². The third kappa shape index (κ3) is 3.74. The van der Waals surface area contributed by atoms with Gasteiger partial charge in [-0.15, -0.1) is 0 Å². The predicted molar refractivity (Wildman–Crippen MR) is 83.8 cm³/mol. The molecule has 3 rings (SSSR count). The first-order valence-corrected chi connectivity index (χ1v) is 8.19. The minimum absolute atomic E-state index is 0.00919. The second-order valence-corrected chi connectivity index (χ2v) is 6.28. The van der Waals surface area contributed by atoms with E-state index in [1.54, 1.807) is 12.4 Å². The van der Waals surface area contributed by atoms with Crippen LogP contribution >= 0.6 is 0 Å². The van der Waals surface area contributed by atoms with Gasteiger partial charge in [0.2, 0.25) is 0 Å². The van der Waals surface area contributed by atoms with Crippen LogP contribution in [-0.2, 0) is 4.74 Å². The molecule has 2 fully saturated rings. The molecule has 1 N–H and O–H groups in total.